The molecule has 4 aromatic rings. The second-order valence-corrected chi connectivity index (χ2v) is 8.30. The molecule has 2 heterocycles. The zero-order valence-corrected chi connectivity index (χ0v) is 16.1. The molecule has 2 aromatic heterocycles. The number of benzene rings is 2. The van der Waals surface area contributed by atoms with Crippen molar-refractivity contribution in [2.45, 2.75) is 24.1 Å². The summed E-state index contributed by atoms with van der Waals surface area (Å²) in [6.07, 6.45) is 3.79. The molecule has 2 aromatic carbocycles. The van der Waals surface area contributed by atoms with E-state index in [1.807, 2.05) is 30.3 Å². The van der Waals surface area contributed by atoms with E-state index in [1.165, 1.54) is 0 Å². The first-order valence-corrected chi connectivity index (χ1v) is 9.73. The SMILES string of the molecule is CC(C)Sc1ncnc2c1c(-c1ccccc1)cn2-c1ccc(Cl)cc1. The lowest BCUT2D eigenvalue weighted by atomic mass is 10.1. The Hall–Kier alpha value is -2.30. The van der Waals surface area contributed by atoms with Crippen molar-refractivity contribution in [3.05, 3.63) is 72.1 Å². The number of fused-ring (bicyclic) bond motifs is 1. The molecular weight excluding hydrogens is 362 g/mol. The van der Waals surface area contributed by atoms with Gasteiger partial charge in [0, 0.05) is 27.7 Å². The maximum Gasteiger partial charge on any atom is 0.149 e. The lowest BCUT2D eigenvalue weighted by Gasteiger charge is -2.08. The van der Waals surface area contributed by atoms with E-state index in [9.17, 15) is 0 Å². The van der Waals surface area contributed by atoms with Crippen molar-refractivity contribution >= 4 is 34.4 Å². The molecule has 130 valence electrons. The maximum absolute atomic E-state index is 6.06. The van der Waals surface area contributed by atoms with Gasteiger partial charge in [-0.3, -0.25) is 0 Å². The monoisotopic (exact) mass is 379 g/mol. The molecule has 0 unspecified atom stereocenters. The molecule has 3 nitrogen and oxygen atoms in total. The van der Waals surface area contributed by atoms with Gasteiger partial charge in [-0.2, -0.15) is 0 Å². The maximum atomic E-state index is 6.06. The number of hydrogen-bond acceptors (Lipinski definition) is 3. The van der Waals surface area contributed by atoms with Gasteiger partial charge < -0.3 is 4.57 Å². The third kappa shape index (κ3) is 3.22. The zero-order valence-electron chi connectivity index (χ0n) is 14.6. The van der Waals surface area contributed by atoms with Crippen molar-refractivity contribution in [3.8, 4) is 16.8 Å². The summed E-state index contributed by atoms with van der Waals surface area (Å²) >= 11 is 7.82. The van der Waals surface area contributed by atoms with Crippen LogP contribution in [-0.2, 0) is 0 Å². The highest BCUT2D eigenvalue weighted by Crippen LogP contribution is 2.37. The Labute approximate surface area is 162 Å². The summed E-state index contributed by atoms with van der Waals surface area (Å²) < 4.78 is 2.11. The Morgan fingerprint density at radius 2 is 1.69 bits per heavy atom. The van der Waals surface area contributed by atoms with Gasteiger partial charge in [0.25, 0.3) is 0 Å². The van der Waals surface area contributed by atoms with Crippen molar-refractivity contribution < 1.29 is 0 Å². The van der Waals surface area contributed by atoms with Crippen LogP contribution in [0.2, 0.25) is 5.02 Å². The van der Waals surface area contributed by atoms with Gasteiger partial charge in [-0.05, 0) is 29.8 Å². The summed E-state index contributed by atoms with van der Waals surface area (Å²) in [5, 5.41) is 3.26. The first-order valence-electron chi connectivity index (χ1n) is 8.47. The Balaban J connectivity index is 2.01. The highest BCUT2D eigenvalue weighted by molar-refractivity contribution is 8.00. The van der Waals surface area contributed by atoms with Crippen LogP contribution in [0.1, 0.15) is 13.8 Å². The van der Waals surface area contributed by atoms with Gasteiger partial charge >= 0.3 is 0 Å². The van der Waals surface area contributed by atoms with Gasteiger partial charge in [-0.15, -0.1) is 11.8 Å². The first-order chi connectivity index (χ1) is 12.6. The molecule has 0 amide bonds. The van der Waals surface area contributed by atoms with Crippen LogP contribution in [0.5, 0.6) is 0 Å². The van der Waals surface area contributed by atoms with E-state index in [-0.39, 0.29) is 0 Å². The van der Waals surface area contributed by atoms with Crippen molar-refractivity contribution in [2.24, 2.45) is 0 Å². The molecule has 5 heteroatoms. The van der Waals surface area contributed by atoms with Crippen molar-refractivity contribution in [1.29, 1.82) is 0 Å². The summed E-state index contributed by atoms with van der Waals surface area (Å²) in [5.74, 6) is 0. The molecule has 0 atom stereocenters. The summed E-state index contributed by atoms with van der Waals surface area (Å²) in [7, 11) is 0. The van der Waals surface area contributed by atoms with Gasteiger partial charge in [-0.25, -0.2) is 9.97 Å². The molecular formula is C21H18ClN3S. The Morgan fingerprint density at radius 3 is 2.38 bits per heavy atom. The lowest BCUT2D eigenvalue weighted by molar-refractivity contribution is 1.03. The van der Waals surface area contributed by atoms with Gasteiger partial charge in [0.15, 0.2) is 0 Å². The van der Waals surface area contributed by atoms with E-state index in [2.05, 4.69) is 58.8 Å². The van der Waals surface area contributed by atoms with Crippen molar-refractivity contribution in [3.63, 3.8) is 0 Å². The van der Waals surface area contributed by atoms with E-state index in [4.69, 9.17) is 11.6 Å². The fourth-order valence-electron chi connectivity index (χ4n) is 2.98. The standard InChI is InChI=1S/C21H18ClN3S/c1-14(2)26-21-19-18(15-6-4-3-5-7-15)12-25(20(19)23-13-24-21)17-10-8-16(22)9-11-17/h3-14H,1-2H3. The smallest absolute Gasteiger partial charge is 0.149 e. The topological polar surface area (TPSA) is 30.7 Å². The van der Waals surface area contributed by atoms with E-state index < -0.39 is 0 Å². The minimum atomic E-state index is 0.440. The zero-order chi connectivity index (χ0) is 18.1. The largest absolute Gasteiger partial charge is 0.301 e. The number of nitrogens with zero attached hydrogens (tertiary/aromatic N) is 3. The molecule has 0 radical (unpaired) electrons. The van der Waals surface area contributed by atoms with Crippen LogP contribution < -0.4 is 0 Å². The Bertz CT molecular complexity index is 1040. The van der Waals surface area contributed by atoms with Gasteiger partial charge in [0.05, 0.1) is 5.39 Å². The van der Waals surface area contributed by atoms with Crippen LogP contribution in [0.15, 0.2) is 72.1 Å². The van der Waals surface area contributed by atoms with Crippen LogP contribution in [0.3, 0.4) is 0 Å². The molecule has 26 heavy (non-hydrogen) atoms. The Morgan fingerprint density at radius 1 is 0.962 bits per heavy atom. The van der Waals surface area contributed by atoms with E-state index in [1.54, 1.807) is 18.1 Å². The minimum Gasteiger partial charge on any atom is -0.301 e. The number of halogens is 1. The average molecular weight is 380 g/mol. The molecule has 0 saturated carbocycles. The van der Waals surface area contributed by atoms with E-state index in [0.717, 1.165) is 37.9 Å². The number of thioether (sulfide) groups is 1. The van der Waals surface area contributed by atoms with Crippen LogP contribution in [0.25, 0.3) is 27.8 Å². The molecule has 0 aliphatic carbocycles. The van der Waals surface area contributed by atoms with Crippen molar-refractivity contribution in [2.75, 3.05) is 0 Å². The molecule has 0 bridgehead atoms. The Kier molecular flexibility index (Phi) is 4.70. The molecule has 0 N–H and O–H groups in total. The summed E-state index contributed by atoms with van der Waals surface area (Å²) in [6.45, 7) is 4.36. The number of aromatic nitrogens is 3. The highest BCUT2D eigenvalue weighted by Gasteiger charge is 2.18. The quantitative estimate of drug-likeness (QED) is 0.310. The number of rotatable bonds is 4. The predicted molar refractivity (Wildman–Crippen MR) is 110 cm³/mol. The van der Waals surface area contributed by atoms with Gasteiger partial charge in [0.1, 0.15) is 17.0 Å². The third-order valence-corrected chi connectivity index (χ3v) is 5.34. The highest BCUT2D eigenvalue weighted by atomic mass is 35.5. The molecule has 0 saturated heterocycles. The fourth-order valence-corrected chi connectivity index (χ4v) is 3.98. The molecule has 4 rings (SSSR count). The van der Waals surface area contributed by atoms with Crippen molar-refractivity contribution in [1.82, 2.24) is 14.5 Å². The second kappa shape index (κ2) is 7.14. The normalized spacial score (nSPS) is 11.4. The summed E-state index contributed by atoms with van der Waals surface area (Å²) in [4.78, 5) is 9.17. The first kappa shape index (κ1) is 17.1. The summed E-state index contributed by atoms with van der Waals surface area (Å²) in [5.41, 5.74) is 4.23. The van der Waals surface area contributed by atoms with Gasteiger partial charge in [-0.1, -0.05) is 55.8 Å². The molecule has 0 aliphatic heterocycles. The van der Waals surface area contributed by atoms with E-state index in [0.29, 0.717) is 5.25 Å². The molecule has 0 aliphatic rings. The van der Waals surface area contributed by atoms with Gasteiger partial charge in [0.2, 0.25) is 0 Å². The van der Waals surface area contributed by atoms with Crippen LogP contribution in [0, 0.1) is 0 Å². The lowest BCUT2D eigenvalue weighted by Crippen LogP contribution is -1.96. The molecule has 0 spiro atoms. The fraction of sp³-hybridized carbons (Fsp3) is 0.143. The van der Waals surface area contributed by atoms with Crippen LogP contribution >= 0.6 is 23.4 Å². The average Bonchev–Trinajstić information content (AvgIpc) is 3.03. The third-order valence-electron chi connectivity index (χ3n) is 4.09. The molecule has 0 fully saturated rings. The predicted octanol–water partition coefficient (Wildman–Crippen LogP) is 6.24. The van der Waals surface area contributed by atoms with E-state index >= 15 is 0 Å². The van der Waals surface area contributed by atoms with Crippen LogP contribution in [-0.4, -0.2) is 19.8 Å². The van der Waals surface area contributed by atoms with Crippen LogP contribution in [0.4, 0.5) is 0 Å². The number of hydrogen-bond donors (Lipinski definition) is 0. The summed E-state index contributed by atoms with van der Waals surface area (Å²) in [6, 6.07) is 18.2. The minimum absolute atomic E-state index is 0.440. The second-order valence-electron chi connectivity index (χ2n) is 6.30.